The second-order valence-corrected chi connectivity index (χ2v) is 8.14. The van der Waals surface area contributed by atoms with Gasteiger partial charge in [-0.1, -0.05) is 20.8 Å². The maximum Gasteiger partial charge on any atom is 0.321 e. The number of hydrogen-bond donors (Lipinski definition) is 3. The molecule has 1 aliphatic heterocycles. The van der Waals surface area contributed by atoms with Crippen molar-refractivity contribution in [3.8, 4) is 5.69 Å². The molecular weight excluding hydrogens is 344 g/mol. The van der Waals surface area contributed by atoms with E-state index < -0.39 is 0 Å². The number of aryl methyl sites for hydroxylation is 1. The van der Waals surface area contributed by atoms with Crippen LogP contribution in [-0.4, -0.2) is 56.8 Å². The van der Waals surface area contributed by atoms with Gasteiger partial charge in [-0.2, -0.15) is 4.68 Å². The van der Waals surface area contributed by atoms with Gasteiger partial charge >= 0.3 is 6.03 Å². The lowest BCUT2D eigenvalue weighted by Crippen LogP contribution is -2.43. The Hall–Kier alpha value is -2.52. The predicted molar refractivity (Wildman–Crippen MR) is 103 cm³/mol. The molecule has 0 aliphatic carbocycles. The highest BCUT2D eigenvalue weighted by atomic mass is 16.2. The van der Waals surface area contributed by atoms with E-state index in [1.807, 2.05) is 31.2 Å². The zero-order valence-electron chi connectivity index (χ0n) is 16.5. The van der Waals surface area contributed by atoms with E-state index in [2.05, 4.69) is 52.5 Å². The second kappa shape index (κ2) is 7.61. The molecule has 1 aliphatic rings. The maximum atomic E-state index is 12.5. The molecule has 2 unspecified atom stereocenters. The SMILES string of the molecule is Cc1nnnn1-c1ccc(NC(=O)N(C)CC2CC(C(C)(C)C)NN2)cc1. The average molecular weight is 372 g/mol. The number of nitrogens with one attached hydrogen (secondary N) is 3. The number of anilines is 1. The van der Waals surface area contributed by atoms with Gasteiger partial charge in [0.25, 0.3) is 0 Å². The summed E-state index contributed by atoms with van der Waals surface area (Å²) in [7, 11) is 1.81. The molecule has 0 spiro atoms. The molecule has 3 N–H and O–H groups in total. The quantitative estimate of drug-likeness (QED) is 0.756. The van der Waals surface area contributed by atoms with Gasteiger partial charge in [-0.05, 0) is 53.5 Å². The highest BCUT2D eigenvalue weighted by Gasteiger charge is 2.33. The minimum absolute atomic E-state index is 0.137. The molecule has 146 valence electrons. The summed E-state index contributed by atoms with van der Waals surface area (Å²) in [5.41, 5.74) is 8.39. The number of hydrazine groups is 1. The molecule has 0 radical (unpaired) electrons. The second-order valence-electron chi connectivity index (χ2n) is 8.14. The first-order valence-electron chi connectivity index (χ1n) is 9.12. The van der Waals surface area contributed by atoms with Gasteiger partial charge in [0.1, 0.15) is 0 Å². The summed E-state index contributed by atoms with van der Waals surface area (Å²) in [6, 6.07) is 7.91. The van der Waals surface area contributed by atoms with Crippen LogP contribution in [-0.2, 0) is 0 Å². The molecule has 0 bridgehead atoms. The van der Waals surface area contributed by atoms with Crippen molar-refractivity contribution < 1.29 is 4.79 Å². The third-order valence-corrected chi connectivity index (χ3v) is 4.86. The normalized spacial score (nSPS) is 19.9. The van der Waals surface area contributed by atoms with Crippen LogP contribution in [0.4, 0.5) is 10.5 Å². The summed E-state index contributed by atoms with van der Waals surface area (Å²) in [6.45, 7) is 9.11. The first-order chi connectivity index (χ1) is 12.7. The molecule has 1 fully saturated rings. The molecule has 0 saturated carbocycles. The molecule has 9 heteroatoms. The minimum atomic E-state index is -0.137. The molecule has 2 aromatic rings. The highest BCUT2D eigenvalue weighted by molar-refractivity contribution is 5.89. The van der Waals surface area contributed by atoms with Gasteiger partial charge < -0.3 is 10.2 Å². The van der Waals surface area contributed by atoms with Crippen molar-refractivity contribution in [1.29, 1.82) is 0 Å². The first kappa shape index (κ1) is 19.2. The fourth-order valence-electron chi connectivity index (χ4n) is 3.10. The van der Waals surface area contributed by atoms with Gasteiger partial charge in [-0.25, -0.2) is 4.79 Å². The number of amides is 2. The molecule has 2 atom stereocenters. The third kappa shape index (κ3) is 4.61. The average Bonchev–Trinajstić information content (AvgIpc) is 3.24. The Kier molecular flexibility index (Phi) is 5.43. The van der Waals surface area contributed by atoms with E-state index in [9.17, 15) is 4.79 Å². The van der Waals surface area contributed by atoms with Crippen molar-refractivity contribution in [3.63, 3.8) is 0 Å². The minimum Gasteiger partial charge on any atom is -0.326 e. The Bertz CT molecular complexity index is 779. The van der Waals surface area contributed by atoms with Crippen molar-refractivity contribution in [3.05, 3.63) is 30.1 Å². The van der Waals surface area contributed by atoms with E-state index in [-0.39, 0.29) is 17.5 Å². The van der Waals surface area contributed by atoms with E-state index in [4.69, 9.17) is 0 Å². The molecule has 2 amide bonds. The molecule has 1 aromatic carbocycles. The topological polar surface area (TPSA) is 100 Å². The molecule has 1 saturated heterocycles. The van der Waals surface area contributed by atoms with Gasteiger partial charge in [0, 0.05) is 31.4 Å². The number of tetrazole rings is 1. The monoisotopic (exact) mass is 372 g/mol. The number of urea groups is 1. The molecule has 2 heterocycles. The Morgan fingerprint density at radius 2 is 2.00 bits per heavy atom. The Balaban J connectivity index is 1.53. The Labute approximate surface area is 159 Å². The number of carbonyl (C=O) groups is 1. The lowest BCUT2D eigenvalue weighted by Gasteiger charge is -2.26. The summed E-state index contributed by atoms with van der Waals surface area (Å²) in [5.74, 6) is 0.706. The smallest absolute Gasteiger partial charge is 0.321 e. The largest absolute Gasteiger partial charge is 0.326 e. The fraction of sp³-hybridized carbons (Fsp3) is 0.556. The molecule has 9 nitrogen and oxygen atoms in total. The first-order valence-corrected chi connectivity index (χ1v) is 9.12. The molecule has 1 aromatic heterocycles. The summed E-state index contributed by atoms with van der Waals surface area (Å²) < 4.78 is 1.64. The van der Waals surface area contributed by atoms with Gasteiger partial charge in [0.15, 0.2) is 5.82 Å². The van der Waals surface area contributed by atoms with Crippen molar-refractivity contribution in [2.75, 3.05) is 18.9 Å². The van der Waals surface area contributed by atoms with Crippen LogP contribution in [0.2, 0.25) is 0 Å². The number of carbonyl (C=O) groups excluding carboxylic acids is 1. The van der Waals surface area contributed by atoms with Crippen LogP contribution in [0.25, 0.3) is 5.69 Å². The lowest BCUT2D eigenvalue weighted by atomic mass is 9.84. The summed E-state index contributed by atoms with van der Waals surface area (Å²) in [6.07, 6.45) is 0.987. The van der Waals surface area contributed by atoms with Gasteiger partial charge in [0.2, 0.25) is 0 Å². The number of benzene rings is 1. The van der Waals surface area contributed by atoms with Crippen LogP contribution in [0.1, 0.15) is 33.0 Å². The maximum absolute atomic E-state index is 12.5. The third-order valence-electron chi connectivity index (χ3n) is 4.86. The fourth-order valence-corrected chi connectivity index (χ4v) is 3.10. The van der Waals surface area contributed by atoms with Gasteiger partial charge in [-0.15, -0.1) is 5.10 Å². The Morgan fingerprint density at radius 1 is 1.30 bits per heavy atom. The van der Waals surface area contributed by atoms with Crippen LogP contribution in [0.3, 0.4) is 0 Å². The van der Waals surface area contributed by atoms with Crippen LogP contribution in [0.15, 0.2) is 24.3 Å². The number of aromatic nitrogens is 4. The van der Waals surface area contributed by atoms with Crippen LogP contribution in [0.5, 0.6) is 0 Å². The Morgan fingerprint density at radius 3 is 2.56 bits per heavy atom. The summed E-state index contributed by atoms with van der Waals surface area (Å²) >= 11 is 0. The number of likely N-dealkylation sites (N-methyl/N-ethyl adjacent to an activating group) is 1. The molecule has 27 heavy (non-hydrogen) atoms. The van der Waals surface area contributed by atoms with Gasteiger partial charge in [0.05, 0.1) is 5.69 Å². The van der Waals surface area contributed by atoms with Crippen molar-refractivity contribution in [2.45, 2.75) is 46.2 Å². The van der Waals surface area contributed by atoms with Crippen molar-refractivity contribution >= 4 is 11.7 Å². The van der Waals surface area contributed by atoms with E-state index in [1.165, 1.54) is 0 Å². The lowest BCUT2D eigenvalue weighted by molar-refractivity contribution is 0.217. The summed E-state index contributed by atoms with van der Waals surface area (Å²) in [4.78, 5) is 14.2. The zero-order chi connectivity index (χ0) is 19.6. The van der Waals surface area contributed by atoms with E-state index in [1.54, 1.807) is 16.6 Å². The number of hydrogen-bond acceptors (Lipinski definition) is 6. The summed E-state index contributed by atoms with van der Waals surface area (Å²) in [5, 5.41) is 14.4. The predicted octanol–water partition coefficient (Wildman–Crippen LogP) is 1.72. The van der Waals surface area contributed by atoms with Crippen LogP contribution >= 0.6 is 0 Å². The molecule has 3 rings (SSSR count). The number of rotatable bonds is 4. The zero-order valence-corrected chi connectivity index (χ0v) is 16.5. The van der Waals surface area contributed by atoms with E-state index in [0.29, 0.717) is 18.4 Å². The van der Waals surface area contributed by atoms with Crippen LogP contribution < -0.4 is 16.2 Å². The molecular formula is C18H28N8O. The van der Waals surface area contributed by atoms with Crippen molar-refractivity contribution in [1.82, 2.24) is 36.0 Å². The highest BCUT2D eigenvalue weighted by Crippen LogP contribution is 2.25. The van der Waals surface area contributed by atoms with Crippen molar-refractivity contribution in [2.24, 2.45) is 5.41 Å². The van der Waals surface area contributed by atoms with E-state index in [0.717, 1.165) is 17.8 Å². The number of nitrogens with zero attached hydrogens (tertiary/aromatic N) is 5. The van der Waals surface area contributed by atoms with Gasteiger partial charge in [-0.3, -0.25) is 10.9 Å². The standard InChI is InChI=1S/C18H28N8O/c1-12-20-23-24-26(12)15-8-6-13(7-9-15)19-17(27)25(5)11-14-10-16(22-21-14)18(2,3)4/h6-9,14,16,21-22H,10-11H2,1-5H3,(H,19,27). The van der Waals surface area contributed by atoms with Crippen LogP contribution in [0, 0.1) is 12.3 Å². The van der Waals surface area contributed by atoms with E-state index >= 15 is 0 Å².